The molecule has 0 bridgehead atoms. The van der Waals surface area contributed by atoms with Crippen LogP contribution in [0.2, 0.25) is 0 Å². The maximum atomic E-state index is 11.5. The highest BCUT2D eigenvalue weighted by Gasteiger charge is 2.24. The van der Waals surface area contributed by atoms with Gasteiger partial charge in [-0.2, -0.15) is 0 Å². The van der Waals surface area contributed by atoms with Crippen molar-refractivity contribution in [2.45, 2.75) is 44.9 Å². The van der Waals surface area contributed by atoms with Crippen LogP contribution in [0.1, 0.15) is 56.3 Å². The van der Waals surface area contributed by atoms with E-state index in [1.165, 1.54) is 38.3 Å². The SMILES string of the molecule is CC(=O)/C=C/c1ccc([N+](=O)[O-])c(-n2ccnc2C2CCCCC2)c1. The summed E-state index contributed by atoms with van der Waals surface area (Å²) in [7, 11) is 0. The molecule has 25 heavy (non-hydrogen) atoms. The lowest BCUT2D eigenvalue weighted by Gasteiger charge is -2.22. The van der Waals surface area contributed by atoms with Crippen LogP contribution in [0.4, 0.5) is 5.69 Å². The minimum Gasteiger partial charge on any atom is -0.297 e. The minimum absolute atomic E-state index is 0.0371. The van der Waals surface area contributed by atoms with Crippen LogP contribution in [-0.4, -0.2) is 20.3 Å². The molecule has 6 heteroatoms. The quantitative estimate of drug-likeness (QED) is 0.458. The van der Waals surface area contributed by atoms with Gasteiger partial charge < -0.3 is 0 Å². The van der Waals surface area contributed by atoms with Gasteiger partial charge in [0.05, 0.1) is 4.92 Å². The van der Waals surface area contributed by atoms with Crippen molar-refractivity contribution in [2.24, 2.45) is 0 Å². The van der Waals surface area contributed by atoms with Gasteiger partial charge in [0.15, 0.2) is 5.78 Å². The number of nitro benzene ring substituents is 1. The molecule has 0 unspecified atom stereocenters. The summed E-state index contributed by atoms with van der Waals surface area (Å²) < 4.78 is 1.83. The first-order valence-electron chi connectivity index (χ1n) is 8.57. The molecule has 0 saturated heterocycles. The van der Waals surface area contributed by atoms with Crippen LogP contribution in [0.3, 0.4) is 0 Å². The normalized spacial score (nSPS) is 15.6. The van der Waals surface area contributed by atoms with Crippen LogP contribution < -0.4 is 0 Å². The second kappa shape index (κ2) is 7.42. The number of nitro groups is 1. The van der Waals surface area contributed by atoms with Crippen molar-refractivity contribution in [1.82, 2.24) is 9.55 Å². The smallest absolute Gasteiger partial charge is 0.293 e. The minimum atomic E-state index is -0.377. The maximum absolute atomic E-state index is 11.5. The Labute approximate surface area is 146 Å². The number of rotatable bonds is 5. The molecule has 3 rings (SSSR count). The first-order valence-corrected chi connectivity index (χ1v) is 8.57. The third-order valence-corrected chi connectivity index (χ3v) is 4.61. The third-order valence-electron chi connectivity index (χ3n) is 4.61. The van der Waals surface area contributed by atoms with E-state index in [2.05, 4.69) is 4.98 Å². The largest absolute Gasteiger partial charge is 0.297 e. The predicted octanol–water partition coefficient (Wildman–Crippen LogP) is 4.43. The molecule has 1 aromatic heterocycles. The number of nitrogens with zero attached hydrogens (tertiary/aromatic N) is 3. The molecule has 0 radical (unpaired) electrons. The molecule has 0 spiro atoms. The molecule has 2 aromatic rings. The summed E-state index contributed by atoms with van der Waals surface area (Å²) in [6.07, 6.45) is 12.3. The Morgan fingerprint density at radius 2 is 2.08 bits per heavy atom. The van der Waals surface area contributed by atoms with E-state index < -0.39 is 0 Å². The number of benzene rings is 1. The highest BCUT2D eigenvalue weighted by Crippen LogP contribution is 2.34. The molecule has 0 N–H and O–H groups in total. The second-order valence-corrected chi connectivity index (χ2v) is 6.44. The van der Waals surface area contributed by atoms with Gasteiger partial charge in [-0.15, -0.1) is 0 Å². The molecule has 0 aliphatic heterocycles. The zero-order valence-electron chi connectivity index (χ0n) is 14.2. The lowest BCUT2D eigenvalue weighted by molar-refractivity contribution is -0.384. The Balaban J connectivity index is 2.06. The van der Waals surface area contributed by atoms with Crippen LogP contribution >= 0.6 is 0 Å². The summed E-state index contributed by atoms with van der Waals surface area (Å²) in [5.41, 5.74) is 1.28. The first-order chi connectivity index (χ1) is 12.1. The highest BCUT2D eigenvalue weighted by atomic mass is 16.6. The number of aromatic nitrogens is 2. The fraction of sp³-hybridized carbons (Fsp3) is 0.368. The van der Waals surface area contributed by atoms with Crippen molar-refractivity contribution < 1.29 is 9.72 Å². The van der Waals surface area contributed by atoms with Crippen molar-refractivity contribution in [1.29, 1.82) is 0 Å². The summed E-state index contributed by atoms with van der Waals surface area (Å²) in [6.45, 7) is 1.47. The van der Waals surface area contributed by atoms with Crippen molar-refractivity contribution in [3.63, 3.8) is 0 Å². The fourth-order valence-electron chi connectivity index (χ4n) is 3.39. The summed E-state index contributed by atoms with van der Waals surface area (Å²) in [5.74, 6) is 1.15. The molecule has 1 saturated carbocycles. The molecule has 1 aromatic carbocycles. The van der Waals surface area contributed by atoms with Gasteiger partial charge in [0, 0.05) is 24.4 Å². The van der Waals surface area contributed by atoms with Gasteiger partial charge in [-0.25, -0.2) is 4.98 Å². The van der Waals surface area contributed by atoms with E-state index >= 15 is 0 Å². The standard InChI is InChI=1S/C19H21N3O3/c1-14(23)7-8-15-9-10-17(22(24)25)18(13-15)21-12-11-20-19(21)16-5-3-2-4-6-16/h7-13,16H,2-6H2,1H3/b8-7+. The number of hydrogen-bond acceptors (Lipinski definition) is 4. The van der Waals surface area contributed by atoms with Gasteiger partial charge >= 0.3 is 0 Å². The van der Waals surface area contributed by atoms with Crippen LogP contribution in [0.15, 0.2) is 36.7 Å². The maximum Gasteiger partial charge on any atom is 0.293 e. The van der Waals surface area contributed by atoms with Crippen molar-refractivity contribution in [3.05, 3.63) is 58.2 Å². The van der Waals surface area contributed by atoms with Crippen molar-refractivity contribution in [3.8, 4) is 5.69 Å². The van der Waals surface area contributed by atoms with Gasteiger partial charge in [0.2, 0.25) is 0 Å². The number of carbonyl (C=O) groups is 1. The number of ketones is 1. The Morgan fingerprint density at radius 1 is 1.32 bits per heavy atom. The molecule has 1 fully saturated rings. The third kappa shape index (κ3) is 3.84. The molecule has 1 aliphatic rings. The van der Waals surface area contributed by atoms with Gasteiger partial charge in [-0.05, 0) is 43.5 Å². The van der Waals surface area contributed by atoms with E-state index in [1.54, 1.807) is 30.6 Å². The zero-order valence-corrected chi connectivity index (χ0v) is 14.2. The Hall–Kier alpha value is -2.76. The molecular weight excluding hydrogens is 318 g/mol. The molecule has 130 valence electrons. The topological polar surface area (TPSA) is 78.0 Å². The lowest BCUT2D eigenvalue weighted by atomic mass is 9.88. The number of allylic oxidation sites excluding steroid dienone is 1. The van der Waals surface area contributed by atoms with E-state index in [0.717, 1.165) is 24.2 Å². The van der Waals surface area contributed by atoms with Gasteiger partial charge in [0.1, 0.15) is 11.5 Å². The number of carbonyl (C=O) groups excluding carboxylic acids is 1. The molecule has 1 aliphatic carbocycles. The second-order valence-electron chi connectivity index (χ2n) is 6.44. The van der Waals surface area contributed by atoms with E-state index in [9.17, 15) is 14.9 Å². The van der Waals surface area contributed by atoms with E-state index in [0.29, 0.717) is 11.6 Å². The molecule has 6 nitrogen and oxygen atoms in total. The zero-order chi connectivity index (χ0) is 17.8. The van der Waals surface area contributed by atoms with E-state index in [-0.39, 0.29) is 16.4 Å². The van der Waals surface area contributed by atoms with Crippen LogP contribution in [-0.2, 0) is 4.79 Å². The van der Waals surface area contributed by atoms with E-state index in [4.69, 9.17) is 0 Å². The van der Waals surface area contributed by atoms with Crippen LogP contribution in [0, 0.1) is 10.1 Å². The van der Waals surface area contributed by atoms with Crippen molar-refractivity contribution >= 4 is 17.5 Å². The van der Waals surface area contributed by atoms with Gasteiger partial charge in [-0.3, -0.25) is 19.5 Å². The molecule has 0 atom stereocenters. The fourth-order valence-corrected chi connectivity index (χ4v) is 3.39. The van der Waals surface area contributed by atoms with Gasteiger partial charge in [-0.1, -0.05) is 25.3 Å². The molecular formula is C19H21N3O3. The Kier molecular flexibility index (Phi) is 5.07. The van der Waals surface area contributed by atoms with E-state index in [1.807, 2.05) is 4.57 Å². The Morgan fingerprint density at radius 3 is 2.76 bits per heavy atom. The van der Waals surface area contributed by atoms with Crippen LogP contribution in [0.5, 0.6) is 0 Å². The summed E-state index contributed by atoms with van der Waals surface area (Å²) in [5, 5.41) is 11.5. The number of hydrogen-bond donors (Lipinski definition) is 0. The predicted molar refractivity (Wildman–Crippen MR) is 95.8 cm³/mol. The summed E-state index contributed by atoms with van der Waals surface area (Å²) in [6, 6.07) is 4.88. The average Bonchev–Trinajstić information content (AvgIpc) is 3.10. The molecule has 0 amide bonds. The summed E-state index contributed by atoms with van der Waals surface area (Å²) >= 11 is 0. The monoisotopic (exact) mass is 339 g/mol. The number of imidazole rings is 1. The molecule has 1 heterocycles. The van der Waals surface area contributed by atoms with Crippen LogP contribution in [0.25, 0.3) is 11.8 Å². The Bertz CT molecular complexity index is 817. The summed E-state index contributed by atoms with van der Waals surface area (Å²) in [4.78, 5) is 26.8. The first kappa shape index (κ1) is 17.1. The lowest BCUT2D eigenvalue weighted by Crippen LogP contribution is -2.12. The van der Waals surface area contributed by atoms with Gasteiger partial charge in [0.25, 0.3) is 5.69 Å². The van der Waals surface area contributed by atoms with Crippen molar-refractivity contribution in [2.75, 3.05) is 0 Å². The highest BCUT2D eigenvalue weighted by molar-refractivity contribution is 5.91. The average molecular weight is 339 g/mol.